The summed E-state index contributed by atoms with van der Waals surface area (Å²) >= 11 is 0. The van der Waals surface area contributed by atoms with Crippen LogP contribution in [-0.2, 0) is 11.3 Å². The summed E-state index contributed by atoms with van der Waals surface area (Å²) in [4.78, 5) is 22.3. The van der Waals surface area contributed by atoms with Gasteiger partial charge in [-0.05, 0) is 29.8 Å². The first-order valence-corrected chi connectivity index (χ1v) is 6.39. The minimum absolute atomic E-state index is 0.0575. The molecule has 0 fully saturated rings. The van der Waals surface area contributed by atoms with Crippen LogP contribution in [0.1, 0.15) is 15.9 Å². The third-order valence-corrected chi connectivity index (χ3v) is 2.96. The van der Waals surface area contributed by atoms with Crippen molar-refractivity contribution in [2.75, 3.05) is 12.4 Å². The number of hydrogen-bond acceptors (Lipinski definition) is 5. The van der Waals surface area contributed by atoms with Crippen LogP contribution < -0.4 is 5.32 Å². The quantitative estimate of drug-likeness (QED) is 0.521. The summed E-state index contributed by atoms with van der Waals surface area (Å²) in [7, 11) is 1.55. The molecule has 114 valence electrons. The number of hydrogen-bond donors (Lipinski definition) is 1. The van der Waals surface area contributed by atoms with Crippen molar-refractivity contribution in [2.24, 2.45) is 0 Å². The number of benzene rings is 2. The lowest BCUT2D eigenvalue weighted by atomic mass is 10.1. The van der Waals surface area contributed by atoms with Crippen LogP contribution in [-0.4, -0.2) is 17.9 Å². The smallest absolute Gasteiger partial charge is 0.338 e. The van der Waals surface area contributed by atoms with Gasteiger partial charge in [-0.25, -0.2) is 9.18 Å². The molecule has 0 heterocycles. The van der Waals surface area contributed by atoms with E-state index in [9.17, 15) is 19.3 Å². The highest BCUT2D eigenvalue weighted by Crippen LogP contribution is 2.25. The molecule has 1 N–H and O–H groups in total. The van der Waals surface area contributed by atoms with Crippen molar-refractivity contribution in [1.29, 1.82) is 0 Å². The zero-order valence-corrected chi connectivity index (χ0v) is 11.7. The molecule has 0 amide bonds. The molecule has 0 aliphatic heterocycles. The number of nitro groups is 1. The van der Waals surface area contributed by atoms with Gasteiger partial charge in [0, 0.05) is 13.1 Å². The third kappa shape index (κ3) is 3.57. The summed E-state index contributed by atoms with van der Waals surface area (Å²) in [6.45, 7) is -0.113. The van der Waals surface area contributed by atoms with Crippen molar-refractivity contribution in [2.45, 2.75) is 6.61 Å². The third-order valence-electron chi connectivity index (χ3n) is 2.96. The molecule has 0 atom stereocenters. The van der Waals surface area contributed by atoms with Gasteiger partial charge < -0.3 is 10.1 Å². The summed E-state index contributed by atoms with van der Waals surface area (Å²) in [6, 6.07) is 9.64. The summed E-state index contributed by atoms with van der Waals surface area (Å²) in [5, 5.41) is 13.6. The SMILES string of the molecule is CNc1ccc(C(=O)OCc2cccc(F)c2)cc1[N+](=O)[O-]. The summed E-state index contributed by atoms with van der Waals surface area (Å²) < 4.78 is 18.0. The molecule has 2 aromatic rings. The highest BCUT2D eigenvalue weighted by atomic mass is 19.1. The molecule has 0 aromatic heterocycles. The maximum atomic E-state index is 13.0. The van der Waals surface area contributed by atoms with Crippen molar-refractivity contribution >= 4 is 17.3 Å². The standard InChI is InChI=1S/C15H13FN2O4/c1-17-13-6-5-11(8-14(13)18(20)21)15(19)22-9-10-3-2-4-12(16)7-10/h2-8,17H,9H2,1H3. The van der Waals surface area contributed by atoms with Crippen LogP contribution in [0.15, 0.2) is 42.5 Å². The normalized spacial score (nSPS) is 10.1. The molecule has 2 aromatic carbocycles. The van der Waals surface area contributed by atoms with Gasteiger partial charge >= 0.3 is 5.97 Å². The van der Waals surface area contributed by atoms with E-state index >= 15 is 0 Å². The van der Waals surface area contributed by atoms with Crippen molar-refractivity contribution in [1.82, 2.24) is 0 Å². The van der Waals surface area contributed by atoms with Crippen LogP contribution in [0.3, 0.4) is 0 Å². The Morgan fingerprint density at radius 1 is 1.32 bits per heavy atom. The van der Waals surface area contributed by atoms with E-state index in [1.807, 2.05) is 0 Å². The predicted molar refractivity (Wildman–Crippen MR) is 78.2 cm³/mol. The Morgan fingerprint density at radius 2 is 2.09 bits per heavy atom. The second-order valence-electron chi connectivity index (χ2n) is 4.45. The van der Waals surface area contributed by atoms with E-state index in [0.717, 1.165) is 6.07 Å². The lowest BCUT2D eigenvalue weighted by molar-refractivity contribution is -0.384. The Bertz CT molecular complexity index is 718. The van der Waals surface area contributed by atoms with Gasteiger partial charge in [0.2, 0.25) is 0 Å². The van der Waals surface area contributed by atoms with Crippen LogP contribution in [0.25, 0.3) is 0 Å². The molecule has 6 nitrogen and oxygen atoms in total. The highest BCUT2D eigenvalue weighted by molar-refractivity contribution is 5.91. The zero-order chi connectivity index (χ0) is 16.1. The van der Waals surface area contributed by atoms with Crippen LogP contribution in [0.4, 0.5) is 15.8 Å². The van der Waals surface area contributed by atoms with Crippen LogP contribution in [0.5, 0.6) is 0 Å². The van der Waals surface area contributed by atoms with Crippen LogP contribution >= 0.6 is 0 Å². The number of rotatable bonds is 5. The van der Waals surface area contributed by atoms with Gasteiger partial charge in [0.15, 0.2) is 0 Å². The fourth-order valence-corrected chi connectivity index (χ4v) is 1.88. The molecule has 7 heteroatoms. The predicted octanol–water partition coefficient (Wildman–Crippen LogP) is 3.13. The topological polar surface area (TPSA) is 81.5 Å². The molecular weight excluding hydrogens is 291 g/mol. The molecule has 0 aliphatic carbocycles. The van der Waals surface area contributed by atoms with Gasteiger partial charge in [-0.2, -0.15) is 0 Å². The van der Waals surface area contributed by atoms with Gasteiger partial charge in [-0.1, -0.05) is 12.1 Å². The van der Waals surface area contributed by atoms with E-state index in [1.165, 1.54) is 30.3 Å². The van der Waals surface area contributed by atoms with E-state index in [2.05, 4.69) is 5.32 Å². The molecule has 0 saturated heterocycles. The van der Waals surface area contributed by atoms with E-state index in [1.54, 1.807) is 13.1 Å². The Labute approximate surface area is 125 Å². The van der Waals surface area contributed by atoms with Gasteiger partial charge in [0.25, 0.3) is 5.69 Å². The summed E-state index contributed by atoms with van der Waals surface area (Å²) in [5.41, 5.74) is 0.631. The first kappa shape index (κ1) is 15.4. The van der Waals surface area contributed by atoms with E-state index in [0.29, 0.717) is 11.3 Å². The number of carbonyl (C=O) groups excluding carboxylic acids is 1. The van der Waals surface area contributed by atoms with Crippen molar-refractivity contribution in [3.63, 3.8) is 0 Å². The number of ether oxygens (including phenoxy) is 1. The number of halogens is 1. The number of anilines is 1. The largest absolute Gasteiger partial charge is 0.457 e. The Morgan fingerprint density at radius 3 is 2.73 bits per heavy atom. The van der Waals surface area contributed by atoms with Crippen molar-refractivity contribution in [3.8, 4) is 0 Å². The average molecular weight is 304 g/mol. The fraction of sp³-hybridized carbons (Fsp3) is 0.133. The van der Waals surface area contributed by atoms with Crippen molar-refractivity contribution < 1.29 is 18.8 Å². The first-order valence-electron chi connectivity index (χ1n) is 6.39. The number of nitrogens with one attached hydrogen (secondary N) is 1. The number of nitro benzene ring substituents is 1. The summed E-state index contributed by atoms with van der Waals surface area (Å²) in [6.07, 6.45) is 0. The van der Waals surface area contributed by atoms with Gasteiger partial charge in [-0.3, -0.25) is 10.1 Å². The Hall–Kier alpha value is -2.96. The maximum absolute atomic E-state index is 13.0. The fourth-order valence-electron chi connectivity index (χ4n) is 1.88. The molecule has 0 unspecified atom stereocenters. The minimum atomic E-state index is -0.713. The molecule has 2 rings (SSSR count). The molecule has 0 saturated carbocycles. The lowest BCUT2D eigenvalue weighted by Crippen LogP contribution is -2.07. The molecule has 0 bridgehead atoms. The summed E-state index contributed by atoms with van der Waals surface area (Å²) in [5.74, 6) is -1.14. The zero-order valence-electron chi connectivity index (χ0n) is 11.7. The maximum Gasteiger partial charge on any atom is 0.338 e. The first-order chi connectivity index (χ1) is 10.5. The molecule has 0 aliphatic rings. The van der Waals surface area contributed by atoms with Gasteiger partial charge in [0.05, 0.1) is 10.5 Å². The molecule has 0 spiro atoms. The second-order valence-corrected chi connectivity index (χ2v) is 4.45. The lowest BCUT2D eigenvalue weighted by Gasteiger charge is -2.07. The number of esters is 1. The van der Waals surface area contributed by atoms with Crippen LogP contribution in [0.2, 0.25) is 0 Å². The molecular formula is C15H13FN2O4. The van der Waals surface area contributed by atoms with E-state index < -0.39 is 16.7 Å². The van der Waals surface area contributed by atoms with Gasteiger partial charge in [-0.15, -0.1) is 0 Å². The van der Waals surface area contributed by atoms with Crippen molar-refractivity contribution in [3.05, 3.63) is 69.5 Å². The van der Waals surface area contributed by atoms with E-state index in [-0.39, 0.29) is 17.9 Å². The second kappa shape index (κ2) is 6.66. The molecule has 0 radical (unpaired) electrons. The monoisotopic (exact) mass is 304 g/mol. The van der Waals surface area contributed by atoms with Gasteiger partial charge in [0.1, 0.15) is 18.1 Å². The van der Waals surface area contributed by atoms with E-state index in [4.69, 9.17) is 4.74 Å². The Balaban J connectivity index is 2.12. The Kier molecular flexibility index (Phi) is 4.67. The minimum Gasteiger partial charge on any atom is -0.457 e. The van der Waals surface area contributed by atoms with Crippen LogP contribution in [0, 0.1) is 15.9 Å². The average Bonchev–Trinajstić information content (AvgIpc) is 2.52. The number of carbonyl (C=O) groups is 1. The number of nitrogens with zero attached hydrogens (tertiary/aromatic N) is 1. The highest BCUT2D eigenvalue weighted by Gasteiger charge is 2.17. The molecule has 22 heavy (non-hydrogen) atoms.